The van der Waals surface area contributed by atoms with Gasteiger partial charge in [-0.2, -0.15) is 0 Å². The van der Waals surface area contributed by atoms with Crippen molar-refractivity contribution in [2.24, 2.45) is 0 Å². The first-order valence-corrected chi connectivity index (χ1v) is 14.1. The lowest BCUT2D eigenvalue weighted by Crippen LogP contribution is -2.54. The molecule has 0 aromatic heterocycles. The molecule has 2 rings (SSSR count). The number of hydrogen-bond acceptors (Lipinski definition) is 7. The van der Waals surface area contributed by atoms with Crippen LogP contribution in [0.2, 0.25) is 0 Å². The van der Waals surface area contributed by atoms with E-state index in [1.54, 1.807) is 0 Å². The fraction of sp³-hybridized carbons (Fsp3) is 0.846. The minimum Gasteiger partial charge on any atom is -0.480 e. The number of unbranched alkanes of at least 4 members (excludes halogenated alkanes) is 1. The summed E-state index contributed by atoms with van der Waals surface area (Å²) in [4.78, 5) is 47.8. The van der Waals surface area contributed by atoms with Gasteiger partial charge in [-0.05, 0) is 45.1 Å². The van der Waals surface area contributed by atoms with Gasteiger partial charge in [0.05, 0.1) is 19.2 Å². The van der Waals surface area contributed by atoms with Crippen molar-refractivity contribution in [3.8, 4) is 0 Å². The molecule has 37 heavy (non-hydrogen) atoms. The van der Waals surface area contributed by atoms with Crippen LogP contribution < -0.4 is 26.6 Å². The summed E-state index contributed by atoms with van der Waals surface area (Å²) in [5, 5.41) is 32.3. The summed E-state index contributed by atoms with van der Waals surface area (Å²) >= 11 is 0. The van der Waals surface area contributed by atoms with E-state index in [2.05, 4.69) is 26.6 Å². The second kappa shape index (κ2) is 18.1. The SMILES string of the molecule is O=C(O)CNC(=O)C(CO)NC(=O)CNC(=O)C(CCCCNC1CCCCCC1)NC1CCCCC1. The van der Waals surface area contributed by atoms with Gasteiger partial charge in [0, 0.05) is 12.1 Å². The zero-order chi connectivity index (χ0) is 26.9. The standard InChI is InChI=1S/C26H47N5O6/c32-18-22(26(37)29-17-24(34)35)31-23(33)16-28-25(36)21(30-20-12-6-3-7-13-20)14-8-9-15-27-19-10-4-1-2-5-11-19/h19-22,27,30,32H,1-18H2,(H,28,36)(H,29,37)(H,31,33)(H,34,35). The molecule has 0 saturated heterocycles. The number of amides is 3. The van der Waals surface area contributed by atoms with Crippen LogP contribution >= 0.6 is 0 Å². The number of aliphatic hydroxyl groups excluding tert-OH is 1. The number of carbonyl (C=O) groups excluding carboxylic acids is 3. The van der Waals surface area contributed by atoms with Crippen LogP contribution in [-0.4, -0.2) is 84.3 Å². The third kappa shape index (κ3) is 13.2. The maximum atomic E-state index is 13.0. The molecule has 2 aliphatic rings. The molecule has 2 saturated carbocycles. The van der Waals surface area contributed by atoms with Crippen molar-refractivity contribution in [3.63, 3.8) is 0 Å². The molecule has 0 aromatic rings. The Morgan fingerprint density at radius 1 is 0.730 bits per heavy atom. The van der Waals surface area contributed by atoms with E-state index in [0.717, 1.165) is 45.1 Å². The Labute approximate surface area is 220 Å². The molecule has 0 spiro atoms. The van der Waals surface area contributed by atoms with Crippen LogP contribution in [0.15, 0.2) is 0 Å². The van der Waals surface area contributed by atoms with Crippen molar-refractivity contribution in [2.45, 2.75) is 114 Å². The number of carbonyl (C=O) groups is 4. The van der Waals surface area contributed by atoms with E-state index >= 15 is 0 Å². The quantitative estimate of drug-likeness (QED) is 0.113. The van der Waals surface area contributed by atoms with Crippen molar-refractivity contribution >= 4 is 23.7 Å². The summed E-state index contributed by atoms with van der Waals surface area (Å²) in [6.45, 7) is -0.705. The summed E-state index contributed by atoms with van der Waals surface area (Å²) in [5.41, 5.74) is 0. The van der Waals surface area contributed by atoms with Crippen molar-refractivity contribution < 1.29 is 29.4 Å². The highest BCUT2D eigenvalue weighted by Gasteiger charge is 2.25. The number of aliphatic hydroxyl groups is 1. The summed E-state index contributed by atoms with van der Waals surface area (Å²) in [7, 11) is 0. The Balaban J connectivity index is 1.78. The van der Waals surface area contributed by atoms with E-state index in [0.29, 0.717) is 18.5 Å². The van der Waals surface area contributed by atoms with Crippen LogP contribution in [0.1, 0.15) is 89.9 Å². The van der Waals surface area contributed by atoms with Crippen molar-refractivity contribution in [2.75, 3.05) is 26.2 Å². The molecule has 212 valence electrons. The Morgan fingerprint density at radius 2 is 1.30 bits per heavy atom. The molecule has 7 N–H and O–H groups in total. The highest BCUT2D eigenvalue weighted by molar-refractivity contribution is 5.92. The second-order valence-electron chi connectivity index (χ2n) is 10.3. The van der Waals surface area contributed by atoms with Gasteiger partial charge >= 0.3 is 5.97 Å². The number of aliphatic carboxylic acids is 1. The average Bonchev–Trinajstić information content (AvgIpc) is 3.17. The summed E-state index contributed by atoms with van der Waals surface area (Å²) in [5.74, 6) is -2.94. The van der Waals surface area contributed by atoms with E-state index in [9.17, 15) is 24.3 Å². The topological polar surface area (TPSA) is 169 Å². The van der Waals surface area contributed by atoms with E-state index in [-0.39, 0.29) is 12.5 Å². The van der Waals surface area contributed by atoms with Gasteiger partial charge in [-0.15, -0.1) is 0 Å². The van der Waals surface area contributed by atoms with Gasteiger partial charge in [0.25, 0.3) is 0 Å². The molecular formula is C26H47N5O6. The summed E-state index contributed by atoms with van der Waals surface area (Å²) in [6, 6.07) is -0.796. The fourth-order valence-electron chi connectivity index (χ4n) is 5.12. The molecule has 2 fully saturated rings. The number of carboxylic acid groups (broad SMARTS) is 1. The Hall–Kier alpha value is -2.24. The van der Waals surface area contributed by atoms with Gasteiger partial charge in [-0.1, -0.05) is 51.4 Å². The normalized spacial score (nSPS) is 18.8. The van der Waals surface area contributed by atoms with E-state index in [1.807, 2.05) is 0 Å². The molecule has 0 bridgehead atoms. The molecule has 2 unspecified atom stereocenters. The zero-order valence-electron chi connectivity index (χ0n) is 22.1. The highest BCUT2D eigenvalue weighted by Crippen LogP contribution is 2.19. The molecular weight excluding hydrogens is 478 g/mol. The van der Waals surface area contributed by atoms with Crippen molar-refractivity contribution in [1.29, 1.82) is 0 Å². The largest absolute Gasteiger partial charge is 0.480 e. The monoisotopic (exact) mass is 525 g/mol. The first-order chi connectivity index (χ1) is 17.9. The highest BCUT2D eigenvalue weighted by atomic mass is 16.4. The van der Waals surface area contributed by atoms with Crippen LogP contribution in [0.4, 0.5) is 0 Å². The Morgan fingerprint density at radius 3 is 1.92 bits per heavy atom. The number of nitrogens with one attached hydrogen (secondary N) is 5. The van der Waals surface area contributed by atoms with Gasteiger partial charge in [-0.25, -0.2) is 0 Å². The molecule has 0 aliphatic heterocycles. The third-order valence-corrected chi connectivity index (χ3v) is 7.24. The third-order valence-electron chi connectivity index (χ3n) is 7.24. The zero-order valence-corrected chi connectivity index (χ0v) is 22.1. The van der Waals surface area contributed by atoms with Gasteiger partial charge in [0.2, 0.25) is 17.7 Å². The lowest BCUT2D eigenvalue weighted by Gasteiger charge is -2.28. The number of carboxylic acids is 1. The minimum atomic E-state index is -1.29. The lowest BCUT2D eigenvalue weighted by atomic mass is 9.94. The van der Waals surface area contributed by atoms with Gasteiger partial charge < -0.3 is 36.8 Å². The molecule has 2 atom stereocenters. The predicted molar refractivity (Wildman–Crippen MR) is 140 cm³/mol. The molecule has 3 amide bonds. The van der Waals surface area contributed by atoms with Gasteiger partial charge in [-0.3, -0.25) is 19.2 Å². The molecule has 11 nitrogen and oxygen atoms in total. The number of rotatable bonds is 16. The van der Waals surface area contributed by atoms with Crippen LogP contribution in [0.5, 0.6) is 0 Å². The molecule has 0 aromatic carbocycles. The van der Waals surface area contributed by atoms with Crippen LogP contribution in [0.3, 0.4) is 0 Å². The van der Waals surface area contributed by atoms with E-state index in [4.69, 9.17) is 5.11 Å². The van der Waals surface area contributed by atoms with Crippen molar-refractivity contribution in [3.05, 3.63) is 0 Å². The summed E-state index contributed by atoms with van der Waals surface area (Å²) < 4.78 is 0. The summed E-state index contributed by atoms with van der Waals surface area (Å²) in [6.07, 6.45) is 15.9. The van der Waals surface area contributed by atoms with Crippen LogP contribution in [0.25, 0.3) is 0 Å². The van der Waals surface area contributed by atoms with E-state index < -0.39 is 43.0 Å². The van der Waals surface area contributed by atoms with Gasteiger partial charge in [0.1, 0.15) is 12.6 Å². The fourth-order valence-corrected chi connectivity index (χ4v) is 5.12. The molecule has 2 aliphatic carbocycles. The van der Waals surface area contributed by atoms with Crippen molar-refractivity contribution in [1.82, 2.24) is 26.6 Å². The first kappa shape index (κ1) is 31.0. The van der Waals surface area contributed by atoms with Crippen LogP contribution in [0, 0.1) is 0 Å². The second-order valence-corrected chi connectivity index (χ2v) is 10.3. The van der Waals surface area contributed by atoms with Crippen LogP contribution in [-0.2, 0) is 19.2 Å². The minimum absolute atomic E-state index is 0.256. The van der Waals surface area contributed by atoms with Gasteiger partial charge in [0.15, 0.2) is 0 Å². The maximum Gasteiger partial charge on any atom is 0.322 e. The molecule has 0 heterocycles. The van der Waals surface area contributed by atoms with E-state index in [1.165, 1.54) is 44.9 Å². The lowest BCUT2D eigenvalue weighted by molar-refractivity contribution is -0.138. The maximum absolute atomic E-state index is 13.0. The molecule has 0 radical (unpaired) electrons. The number of hydrogen-bond donors (Lipinski definition) is 7. The molecule has 11 heteroatoms. The first-order valence-electron chi connectivity index (χ1n) is 14.1. The smallest absolute Gasteiger partial charge is 0.322 e. The Kier molecular flexibility index (Phi) is 15.1. The predicted octanol–water partition coefficient (Wildman–Crippen LogP) is 0.554. The Bertz CT molecular complexity index is 708. The average molecular weight is 526 g/mol.